The Kier molecular flexibility index (Phi) is 6.38. The Morgan fingerprint density at radius 1 is 1.23 bits per heavy atom. The summed E-state index contributed by atoms with van der Waals surface area (Å²) in [5, 5.41) is 12.2. The van der Waals surface area contributed by atoms with Crippen molar-refractivity contribution in [1.29, 1.82) is 0 Å². The van der Waals surface area contributed by atoms with Gasteiger partial charge in [-0.15, -0.1) is 10.2 Å². The lowest BCUT2D eigenvalue weighted by Crippen LogP contribution is -2.31. The maximum atomic E-state index is 12.7. The maximum Gasteiger partial charge on any atom is 0.230 e. The van der Waals surface area contributed by atoms with Gasteiger partial charge in [0, 0.05) is 0 Å². The molecule has 1 amide bonds. The predicted octanol–water partition coefficient (Wildman–Crippen LogP) is 4.20. The number of amides is 1. The van der Waals surface area contributed by atoms with E-state index in [0.29, 0.717) is 11.7 Å². The quantitative estimate of drug-likeness (QED) is 0.524. The van der Waals surface area contributed by atoms with Gasteiger partial charge in [0.1, 0.15) is 12.1 Å². The fourth-order valence-corrected chi connectivity index (χ4v) is 4.33. The number of nitrogens with one attached hydrogen (secondary N) is 1. The highest BCUT2D eigenvalue weighted by atomic mass is 32.2. The SMILES string of the molecule is CCc1ccccc1-n1cnnc1SCC(=O)NC(c1ccc(OC)cc1)C1CC1. The molecule has 2 aromatic carbocycles. The number of nitrogens with zero attached hydrogens (tertiary/aromatic N) is 3. The molecule has 1 fully saturated rings. The fourth-order valence-electron chi connectivity index (χ4n) is 3.59. The second kappa shape index (κ2) is 9.34. The lowest BCUT2D eigenvalue weighted by Gasteiger charge is -2.19. The summed E-state index contributed by atoms with van der Waals surface area (Å²) in [4.78, 5) is 12.7. The Morgan fingerprint density at radius 2 is 2.00 bits per heavy atom. The first-order valence-corrected chi connectivity index (χ1v) is 11.2. The van der Waals surface area contributed by atoms with Gasteiger partial charge in [-0.3, -0.25) is 9.36 Å². The van der Waals surface area contributed by atoms with Crippen LogP contribution in [0.2, 0.25) is 0 Å². The molecule has 7 heteroatoms. The average molecular weight is 423 g/mol. The zero-order chi connectivity index (χ0) is 20.9. The molecule has 1 saturated carbocycles. The van der Waals surface area contributed by atoms with Crippen molar-refractivity contribution in [2.75, 3.05) is 12.9 Å². The lowest BCUT2D eigenvalue weighted by atomic mass is 10.0. The number of carbonyl (C=O) groups is 1. The molecule has 0 spiro atoms. The number of carbonyl (C=O) groups excluding carboxylic acids is 1. The van der Waals surface area contributed by atoms with Gasteiger partial charge in [-0.25, -0.2) is 0 Å². The highest BCUT2D eigenvalue weighted by Gasteiger charge is 2.33. The number of methoxy groups -OCH3 is 1. The van der Waals surface area contributed by atoms with Gasteiger partial charge < -0.3 is 10.1 Å². The minimum atomic E-state index is 0.00560. The molecule has 0 saturated heterocycles. The van der Waals surface area contributed by atoms with Crippen molar-refractivity contribution < 1.29 is 9.53 Å². The molecule has 1 aliphatic rings. The van der Waals surface area contributed by atoms with Gasteiger partial charge in [0.25, 0.3) is 0 Å². The lowest BCUT2D eigenvalue weighted by molar-refractivity contribution is -0.119. The van der Waals surface area contributed by atoms with Gasteiger partial charge in [-0.05, 0) is 54.5 Å². The summed E-state index contributed by atoms with van der Waals surface area (Å²) >= 11 is 1.41. The molecule has 1 atom stereocenters. The topological polar surface area (TPSA) is 69.0 Å². The minimum absolute atomic E-state index is 0.00560. The van der Waals surface area contributed by atoms with Crippen molar-refractivity contribution in [3.05, 3.63) is 66.0 Å². The first-order chi connectivity index (χ1) is 14.7. The van der Waals surface area contributed by atoms with E-state index in [4.69, 9.17) is 4.74 Å². The smallest absolute Gasteiger partial charge is 0.230 e. The zero-order valence-electron chi connectivity index (χ0n) is 17.2. The third-order valence-electron chi connectivity index (χ3n) is 5.37. The van der Waals surface area contributed by atoms with Crippen LogP contribution in [-0.4, -0.2) is 33.5 Å². The molecule has 4 rings (SSSR count). The first-order valence-electron chi connectivity index (χ1n) is 10.2. The molecule has 0 radical (unpaired) electrons. The third kappa shape index (κ3) is 4.67. The molecule has 1 N–H and O–H groups in total. The van der Waals surface area contributed by atoms with E-state index in [0.717, 1.165) is 41.4 Å². The van der Waals surface area contributed by atoms with Crippen molar-refractivity contribution >= 4 is 17.7 Å². The van der Waals surface area contributed by atoms with Crippen LogP contribution in [0.15, 0.2) is 60.0 Å². The van der Waals surface area contributed by atoms with Gasteiger partial charge in [0.05, 0.1) is 24.6 Å². The number of hydrogen-bond donors (Lipinski definition) is 1. The van der Waals surface area contributed by atoms with Crippen LogP contribution < -0.4 is 10.1 Å². The van der Waals surface area contributed by atoms with Crippen LogP contribution in [0.4, 0.5) is 0 Å². The molecular formula is C23H26N4O2S. The molecule has 1 heterocycles. The second-order valence-electron chi connectivity index (χ2n) is 7.41. The van der Waals surface area contributed by atoms with Gasteiger partial charge in [0.2, 0.25) is 5.91 Å². The molecule has 1 aromatic heterocycles. The molecule has 6 nitrogen and oxygen atoms in total. The van der Waals surface area contributed by atoms with E-state index in [1.807, 2.05) is 41.0 Å². The largest absolute Gasteiger partial charge is 0.497 e. The summed E-state index contributed by atoms with van der Waals surface area (Å²) < 4.78 is 7.20. The Balaban J connectivity index is 1.42. The highest BCUT2D eigenvalue weighted by Crippen LogP contribution is 2.41. The van der Waals surface area contributed by atoms with Crippen LogP contribution in [0.1, 0.15) is 36.9 Å². The van der Waals surface area contributed by atoms with Crippen molar-refractivity contribution in [3.63, 3.8) is 0 Å². The van der Waals surface area contributed by atoms with Crippen LogP contribution in [0.25, 0.3) is 5.69 Å². The number of aromatic nitrogens is 3. The fraction of sp³-hybridized carbons (Fsp3) is 0.348. The van der Waals surface area contributed by atoms with Crippen molar-refractivity contribution in [3.8, 4) is 11.4 Å². The summed E-state index contributed by atoms with van der Waals surface area (Å²) in [5.41, 5.74) is 3.40. The molecular weight excluding hydrogens is 396 g/mol. The summed E-state index contributed by atoms with van der Waals surface area (Å²) in [6.45, 7) is 2.13. The number of ether oxygens (including phenoxy) is 1. The number of hydrogen-bond acceptors (Lipinski definition) is 5. The maximum absolute atomic E-state index is 12.7. The van der Waals surface area contributed by atoms with E-state index in [2.05, 4.69) is 34.6 Å². The average Bonchev–Trinajstić information content (AvgIpc) is 3.53. The standard InChI is InChI=1S/C23H26N4O2S/c1-3-16-6-4-5-7-20(16)27-15-24-26-23(27)30-14-21(28)25-22(17-8-9-17)18-10-12-19(29-2)13-11-18/h4-7,10-13,15,17,22H,3,8-9,14H2,1-2H3,(H,25,28). The van der Waals surface area contributed by atoms with Gasteiger partial charge in [-0.2, -0.15) is 0 Å². The van der Waals surface area contributed by atoms with Crippen molar-refractivity contribution in [2.45, 2.75) is 37.4 Å². The summed E-state index contributed by atoms with van der Waals surface area (Å²) in [6, 6.07) is 16.2. The van der Waals surface area contributed by atoms with E-state index in [9.17, 15) is 4.79 Å². The molecule has 3 aromatic rings. The van der Waals surface area contributed by atoms with Crippen LogP contribution in [0, 0.1) is 5.92 Å². The molecule has 0 aliphatic heterocycles. The van der Waals surface area contributed by atoms with E-state index < -0.39 is 0 Å². The van der Waals surface area contributed by atoms with Crippen LogP contribution in [-0.2, 0) is 11.2 Å². The van der Waals surface area contributed by atoms with Gasteiger partial charge in [-0.1, -0.05) is 49.0 Å². The Bertz CT molecular complexity index is 998. The summed E-state index contributed by atoms with van der Waals surface area (Å²) in [5.74, 6) is 1.63. The Hall–Kier alpha value is -2.80. The summed E-state index contributed by atoms with van der Waals surface area (Å²) in [7, 11) is 1.66. The van der Waals surface area contributed by atoms with Gasteiger partial charge >= 0.3 is 0 Å². The normalized spacial score (nSPS) is 14.3. The third-order valence-corrected chi connectivity index (χ3v) is 6.31. The monoisotopic (exact) mass is 422 g/mol. The Labute approximate surface area is 181 Å². The van der Waals surface area contributed by atoms with Crippen LogP contribution in [0.5, 0.6) is 5.75 Å². The molecule has 1 unspecified atom stereocenters. The van der Waals surface area contributed by atoms with E-state index in [1.54, 1.807) is 13.4 Å². The van der Waals surface area contributed by atoms with E-state index >= 15 is 0 Å². The van der Waals surface area contributed by atoms with E-state index in [-0.39, 0.29) is 11.9 Å². The first kappa shape index (κ1) is 20.5. The molecule has 156 valence electrons. The molecule has 1 aliphatic carbocycles. The van der Waals surface area contributed by atoms with Gasteiger partial charge in [0.15, 0.2) is 5.16 Å². The Morgan fingerprint density at radius 3 is 2.70 bits per heavy atom. The minimum Gasteiger partial charge on any atom is -0.497 e. The van der Waals surface area contributed by atoms with Crippen LogP contribution in [0.3, 0.4) is 0 Å². The van der Waals surface area contributed by atoms with Crippen molar-refractivity contribution in [2.24, 2.45) is 5.92 Å². The summed E-state index contributed by atoms with van der Waals surface area (Å²) in [6.07, 6.45) is 4.92. The highest BCUT2D eigenvalue weighted by molar-refractivity contribution is 7.99. The number of benzene rings is 2. The molecule has 30 heavy (non-hydrogen) atoms. The number of para-hydroxylation sites is 1. The van der Waals surface area contributed by atoms with Crippen LogP contribution >= 0.6 is 11.8 Å². The zero-order valence-corrected chi connectivity index (χ0v) is 18.1. The number of thioether (sulfide) groups is 1. The second-order valence-corrected chi connectivity index (χ2v) is 8.35. The van der Waals surface area contributed by atoms with E-state index in [1.165, 1.54) is 17.3 Å². The number of aryl methyl sites for hydroxylation is 1. The number of rotatable bonds is 9. The predicted molar refractivity (Wildman–Crippen MR) is 118 cm³/mol. The molecule has 0 bridgehead atoms. The van der Waals surface area contributed by atoms with Crippen molar-refractivity contribution in [1.82, 2.24) is 20.1 Å².